The SMILES string of the molecule is C[C@H](CCCO)C1CCC2C3C(OC(=O)c4ccccc4)C[C@H]4CC5(CCC4(C)C3CCC21C)OCCO5. The average Bonchev–Trinajstić information content (AvgIpc) is 3.52. The highest BCUT2D eigenvalue weighted by Gasteiger charge is 2.65. The zero-order valence-corrected chi connectivity index (χ0v) is 23.7. The Morgan fingerprint density at radius 3 is 2.50 bits per heavy atom. The number of ether oxygens (including phenoxy) is 3. The Balaban J connectivity index is 1.31. The summed E-state index contributed by atoms with van der Waals surface area (Å²) in [6, 6.07) is 9.54. The molecule has 38 heavy (non-hydrogen) atoms. The van der Waals surface area contributed by atoms with Gasteiger partial charge < -0.3 is 19.3 Å². The van der Waals surface area contributed by atoms with Crippen LogP contribution in [0.15, 0.2) is 30.3 Å². The van der Waals surface area contributed by atoms with Crippen LogP contribution in [0.25, 0.3) is 0 Å². The number of aliphatic hydroxyl groups excluding tert-OH is 1. The minimum Gasteiger partial charge on any atom is -0.458 e. The normalized spacial score (nSPS) is 42.2. The minimum atomic E-state index is -0.422. The highest BCUT2D eigenvalue weighted by Crippen LogP contribution is 2.69. The van der Waals surface area contributed by atoms with Crippen molar-refractivity contribution < 1.29 is 24.1 Å². The molecule has 5 fully saturated rings. The van der Waals surface area contributed by atoms with Gasteiger partial charge in [-0.05, 0) is 104 Å². The zero-order valence-electron chi connectivity index (χ0n) is 23.7. The van der Waals surface area contributed by atoms with Crippen molar-refractivity contribution in [1.82, 2.24) is 0 Å². The summed E-state index contributed by atoms with van der Waals surface area (Å²) in [5.74, 6) is 2.72. The van der Waals surface area contributed by atoms with E-state index in [2.05, 4.69) is 20.8 Å². The first-order chi connectivity index (χ1) is 18.3. The highest BCUT2D eigenvalue weighted by atomic mass is 16.7. The van der Waals surface area contributed by atoms with Gasteiger partial charge in [-0.15, -0.1) is 0 Å². The molecular weight excluding hydrogens is 476 g/mol. The van der Waals surface area contributed by atoms with Crippen molar-refractivity contribution in [3.05, 3.63) is 35.9 Å². The summed E-state index contributed by atoms with van der Waals surface area (Å²) in [6.45, 7) is 9.19. The lowest BCUT2D eigenvalue weighted by Crippen LogP contribution is -2.60. The van der Waals surface area contributed by atoms with Crippen molar-refractivity contribution in [2.45, 2.75) is 96.9 Å². The number of hydrogen-bond donors (Lipinski definition) is 1. The Morgan fingerprint density at radius 2 is 1.76 bits per heavy atom. The van der Waals surface area contributed by atoms with E-state index in [0.29, 0.717) is 54.3 Å². The number of benzene rings is 1. The van der Waals surface area contributed by atoms with Gasteiger partial charge in [-0.3, -0.25) is 0 Å². The summed E-state index contributed by atoms with van der Waals surface area (Å²) < 4.78 is 19.0. The van der Waals surface area contributed by atoms with Crippen LogP contribution in [0.4, 0.5) is 0 Å². The molecule has 1 N–H and O–H groups in total. The molecule has 0 bridgehead atoms. The van der Waals surface area contributed by atoms with Gasteiger partial charge in [0.2, 0.25) is 0 Å². The Hall–Kier alpha value is -1.43. The van der Waals surface area contributed by atoms with E-state index in [1.54, 1.807) is 0 Å². The largest absolute Gasteiger partial charge is 0.458 e. The van der Waals surface area contributed by atoms with Crippen LogP contribution in [-0.2, 0) is 14.2 Å². The molecule has 5 nitrogen and oxygen atoms in total. The van der Waals surface area contributed by atoms with Crippen molar-refractivity contribution in [2.75, 3.05) is 19.8 Å². The van der Waals surface area contributed by atoms with Gasteiger partial charge in [0.05, 0.1) is 18.8 Å². The Labute approximate surface area is 229 Å². The Bertz CT molecular complexity index is 988. The van der Waals surface area contributed by atoms with Crippen molar-refractivity contribution in [2.24, 2.45) is 46.3 Å². The van der Waals surface area contributed by atoms with Gasteiger partial charge in [0.15, 0.2) is 5.79 Å². The summed E-state index contributed by atoms with van der Waals surface area (Å²) in [5, 5.41) is 9.47. The molecule has 5 aliphatic rings. The second kappa shape index (κ2) is 10.2. The Kier molecular flexibility index (Phi) is 7.18. The van der Waals surface area contributed by atoms with Crippen LogP contribution in [0.1, 0.15) is 95.3 Å². The molecule has 4 aliphatic carbocycles. The lowest BCUT2D eigenvalue weighted by Gasteiger charge is -2.63. The molecule has 4 saturated carbocycles. The molecule has 0 radical (unpaired) electrons. The maximum absolute atomic E-state index is 13.4. The summed E-state index contributed by atoms with van der Waals surface area (Å²) in [5.41, 5.74) is 1.17. The molecule has 210 valence electrons. The third kappa shape index (κ3) is 4.36. The fourth-order valence-electron chi connectivity index (χ4n) is 10.4. The number of hydrogen-bond acceptors (Lipinski definition) is 5. The van der Waals surface area contributed by atoms with Crippen LogP contribution in [0.2, 0.25) is 0 Å². The third-order valence-corrected chi connectivity index (χ3v) is 12.3. The van der Waals surface area contributed by atoms with Crippen LogP contribution in [0, 0.1) is 46.3 Å². The first-order valence-corrected chi connectivity index (χ1v) is 15.4. The number of esters is 1. The standard InChI is InChI=1S/C33H48O5/c1-22(8-7-17-34)25-11-12-26-29-27(13-14-32(25,26)3)31(2)15-16-33(36-18-19-37-33)21-24(31)20-28(29)38-30(35)23-9-5-4-6-10-23/h4-6,9-10,22,24-29,34H,7-8,11-21H2,1-3H3/t22-,24+,25?,26?,27?,28?,29?,31?,32?/m1/s1. The fraction of sp³-hybridized carbons (Fsp3) is 0.788. The second-order valence-corrected chi connectivity index (χ2v) is 13.9. The zero-order chi connectivity index (χ0) is 26.5. The molecule has 0 aromatic heterocycles. The van der Waals surface area contributed by atoms with Crippen LogP contribution in [0.5, 0.6) is 0 Å². The van der Waals surface area contributed by atoms with Crippen molar-refractivity contribution >= 4 is 5.97 Å². The number of aliphatic hydroxyl groups is 1. The fourth-order valence-corrected chi connectivity index (χ4v) is 10.4. The van der Waals surface area contributed by atoms with E-state index in [4.69, 9.17) is 14.2 Å². The predicted molar refractivity (Wildman–Crippen MR) is 146 cm³/mol. The highest BCUT2D eigenvalue weighted by molar-refractivity contribution is 5.89. The first-order valence-electron chi connectivity index (χ1n) is 15.4. The minimum absolute atomic E-state index is 0.0570. The van der Waals surface area contributed by atoms with Crippen LogP contribution in [0.3, 0.4) is 0 Å². The van der Waals surface area contributed by atoms with Crippen LogP contribution in [-0.4, -0.2) is 42.8 Å². The summed E-state index contributed by atoms with van der Waals surface area (Å²) >= 11 is 0. The monoisotopic (exact) mass is 524 g/mol. The van der Waals surface area contributed by atoms with Gasteiger partial charge in [-0.25, -0.2) is 4.79 Å². The lowest BCUT2D eigenvalue weighted by molar-refractivity contribution is -0.242. The average molecular weight is 525 g/mol. The maximum Gasteiger partial charge on any atom is 0.338 e. The molecule has 1 heterocycles. The predicted octanol–water partition coefficient (Wildman–Crippen LogP) is 6.63. The van der Waals surface area contributed by atoms with Gasteiger partial charge in [0, 0.05) is 25.4 Å². The summed E-state index contributed by atoms with van der Waals surface area (Å²) in [4.78, 5) is 13.4. The molecule has 1 spiro atoms. The van der Waals surface area contributed by atoms with E-state index in [9.17, 15) is 9.90 Å². The number of carbonyl (C=O) groups excluding carboxylic acids is 1. The second-order valence-electron chi connectivity index (χ2n) is 13.9. The van der Waals surface area contributed by atoms with E-state index < -0.39 is 5.79 Å². The van der Waals surface area contributed by atoms with Crippen molar-refractivity contribution in [3.8, 4) is 0 Å². The van der Waals surface area contributed by atoms with Gasteiger partial charge >= 0.3 is 5.97 Å². The van der Waals surface area contributed by atoms with Crippen LogP contribution >= 0.6 is 0 Å². The number of rotatable bonds is 6. The number of carbonyl (C=O) groups is 1. The van der Waals surface area contributed by atoms with Gasteiger partial charge in [0.25, 0.3) is 0 Å². The first kappa shape index (κ1) is 26.8. The van der Waals surface area contributed by atoms with E-state index in [0.717, 1.165) is 38.5 Å². The smallest absolute Gasteiger partial charge is 0.338 e. The molecule has 9 atom stereocenters. The third-order valence-electron chi connectivity index (χ3n) is 12.3. The summed E-state index contributed by atoms with van der Waals surface area (Å²) in [6.07, 6.45) is 10.9. The molecule has 1 aliphatic heterocycles. The molecule has 1 aromatic carbocycles. The topological polar surface area (TPSA) is 65.0 Å². The molecule has 6 rings (SSSR count). The van der Waals surface area contributed by atoms with E-state index >= 15 is 0 Å². The van der Waals surface area contributed by atoms with Gasteiger partial charge in [0.1, 0.15) is 6.10 Å². The molecule has 1 saturated heterocycles. The Morgan fingerprint density at radius 1 is 1.03 bits per heavy atom. The molecule has 7 unspecified atom stereocenters. The maximum atomic E-state index is 13.4. The quantitative estimate of drug-likeness (QED) is 0.423. The molecule has 1 aromatic rings. The number of fused-ring (bicyclic) bond motifs is 5. The van der Waals surface area contributed by atoms with Crippen LogP contribution < -0.4 is 0 Å². The van der Waals surface area contributed by atoms with Crippen molar-refractivity contribution in [3.63, 3.8) is 0 Å². The van der Waals surface area contributed by atoms with E-state index in [1.165, 1.54) is 25.7 Å². The summed E-state index contributed by atoms with van der Waals surface area (Å²) in [7, 11) is 0. The van der Waals surface area contributed by atoms with Crippen molar-refractivity contribution in [1.29, 1.82) is 0 Å². The van der Waals surface area contributed by atoms with Gasteiger partial charge in [-0.2, -0.15) is 0 Å². The van der Waals surface area contributed by atoms with E-state index in [1.807, 2.05) is 30.3 Å². The van der Waals surface area contributed by atoms with Gasteiger partial charge in [-0.1, -0.05) is 39.0 Å². The van der Waals surface area contributed by atoms with E-state index in [-0.39, 0.29) is 29.5 Å². The molecule has 0 amide bonds. The molecule has 5 heteroatoms. The lowest BCUT2D eigenvalue weighted by atomic mass is 9.43. The molecular formula is C33H48O5.